The van der Waals surface area contributed by atoms with Crippen molar-refractivity contribution < 1.29 is 0 Å². The summed E-state index contributed by atoms with van der Waals surface area (Å²) >= 11 is 0. The van der Waals surface area contributed by atoms with Crippen LogP contribution in [0.4, 0.5) is 0 Å². The van der Waals surface area contributed by atoms with Gasteiger partial charge in [-0.1, -0.05) is 12.1 Å². The molecule has 0 saturated carbocycles. The molecule has 4 heteroatoms. The molecule has 0 spiro atoms. The van der Waals surface area contributed by atoms with Crippen LogP contribution in [0, 0.1) is 0 Å². The Morgan fingerprint density at radius 3 is 2.45 bits per heavy atom. The second-order valence-electron chi connectivity index (χ2n) is 5.95. The lowest BCUT2D eigenvalue weighted by atomic mass is 10.0. The van der Waals surface area contributed by atoms with Crippen molar-refractivity contribution in [1.82, 2.24) is 19.8 Å². The van der Waals surface area contributed by atoms with Gasteiger partial charge in [0.1, 0.15) is 0 Å². The topological polar surface area (TPSA) is 33.1 Å². The van der Waals surface area contributed by atoms with Crippen molar-refractivity contribution in [2.45, 2.75) is 25.9 Å². The number of hydrogen-bond acceptors (Lipinski definition) is 3. The van der Waals surface area contributed by atoms with E-state index >= 15 is 0 Å². The van der Waals surface area contributed by atoms with Crippen molar-refractivity contribution in [3.63, 3.8) is 0 Å². The Kier molecular flexibility index (Phi) is 4.57. The predicted molar refractivity (Wildman–Crippen MR) is 83.0 cm³/mol. The molecule has 2 rings (SSSR count). The van der Waals surface area contributed by atoms with Crippen LogP contribution in [0.1, 0.15) is 19.4 Å². The minimum atomic E-state index is 0.163. The molecule has 0 bridgehead atoms. The summed E-state index contributed by atoms with van der Waals surface area (Å²) in [7, 11) is 4.23. The number of benzene rings is 1. The molecular weight excluding hydrogens is 248 g/mol. The third-order valence-corrected chi connectivity index (χ3v) is 3.84. The van der Waals surface area contributed by atoms with Crippen LogP contribution in [0.2, 0.25) is 0 Å². The normalized spacial score (nSPS) is 12.1. The SMILES string of the molecule is CN(C)C(C)(C)CNCc1ccc(-n2ccnc2)cc1. The van der Waals surface area contributed by atoms with Gasteiger partial charge in [-0.2, -0.15) is 0 Å². The zero-order valence-corrected chi connectivity index (χ0v) is 12.8. The van der Waals surface area contributed by atoms with Crippen molar-refractivity contribution in [2.24, 2.45) is 0 Å². The van der Waals surface area contributed by atoms with E-state index in [1.807, 2.05) is 17.1 Å². The fourth-order valence-corrected chi connectivity index (χ4v) is 1.87. The Labute approximate surface area is 121 Å². The van der Waals surface area contributed by atoms with Gasteiger partial charge in [0.2, 0.25) is 0 Å². The highest BCUT2D eigenvalue weighted by Gasteiger charge is 2.19. The number of imidazole rings is 1. The molecule has 1 aromatic heterocycles. The molecule has 0 aliphatic carbocycles. The molecule has 108 valence electrons. The maximum atomic E-state index is 4.06. The van der Waals surface area contributed by atoms with Gasteiger partial charge >= 0.3 is 0 Å². The van der Waals surface area contributed by atoms with Gasteiger partial charge < -0.3 is 14.8 Å². The molecule has 0 saturated heterocycles. The Morgan fingerprint density at radius 2 is 1.90 bits per heavy atom. The Balaban J connectivity index is 1.89. The minimum Gasteiger partial charge on any atom is -0.311 e. The zero-order valence-electron chi connectivity index (χ0n) is 12.8. The first-order valence-corrected chi connectivity index (χ1v) is 6.94. The van der Waals surface area contributed by atoms with Gasteiger partial charge in [-0.3, -0.25) is 0 Å². The molecule has 0 atom stereocenters. The van der Waals surface area contributed by atoms with E-state index in [0.717, 1.165) is 18.8 Å². The van der Waals surface area contributed by atoms with Crippen LogP contribution in [0.25, 0.3) is 5.69 Å². The fraction of sp³-hybridized carbons (Fsp3) is 0.438. The van der Waals surface area contributed by atoms with Crippen LogP contribution in [-0.4, -0.2) is 40.6 Å². The first-order chi connectivity index (χ1) is 9.49. The summed E-state index contributed by atoms with van der Waals surface area (Å²) in [4.78, 5) is 6.30. The highest BCUT2D eigenvalue weighted by Crippen LogP contribution is 2.11. The largest absolute Gasteiger partial charge is 0.311 e. The second-order valence-corrected chi connectivity index (χ2v) is 5.95. The van der Waals surface area contributed by atoms with E-state index in [9.17, 15) is 0 Å². The molecule has 4 nitrogen and oxygen atoms in total. The predicted octanol–water partition coefficient (Wildman–Crippen LogP) is 2.30. The van der Waals surface area contributed by atoms with Crippen LogP contribution in [0.15, 0.2) is 43.0 Å². The lowest BCUT2D eigenvalue weighted by Gasteiger charge is -2.32. The number of rotatable bonds is 6. The van der Waals surface area contributed by atoms with Gasteiger partial charge in [0.05, 0.1) is 6.33 Å². The molecule has 2 aromatic rings. The van der Waals surface area contributed by atoms with Crippen LogP contribution < -0.4 is 5.32 Å². The monoisotopic (exact) mass is 272 g/mol. The highest BCUT2D eigenvalue weighted by molar-refractivity contribution is 5.34. The molecule has 0 aliphatic rings. The van der Waals surface area contributed by atoms with Crippen LogP contribution >= 0.6 is 0 Å². The van der Waals surface area contributed by atoms with E-state index in [0.29, 0.717) is 0 Å². The first-order valence-electron chi connectivity index (χ1n) is 6.94. The summed E-state index contributed by atoms with van der Waals surface area (Å²) in [6, 6.07) is 8.56. The van der Waals surface area contributed by atoms with Gasteiger partial charge in [-0.15, -0.1) is 0 Å². The maximum Gasteiger partial charge on any atom is 0.0991 e. The summed E-state index contributed by atoms with van der Waals surface area (Å²) in [6.45, 7) is 6.33. The maximum absolute atomic E-state index is 4.06. The number of likely N-dealkylation sites (N-methyl/N-ethyl adjacent to an activating group) is 1. The van der Waals surface area contributed by atoms with Crippen molar-refractivity contribution in [3.05, 3.63) is 48.5 Å². The average molecular weight is 272 g/mol. The van der Waals surface area contributed by atoms with Crippen molar-refractivity contribution >= 4 is 0 Å². The molecule has 1 N–H and O–H groups in total. The van der Waals surface area contributed by atoms with E-state index in [-0.39, 0.29) is 5.54 Å². The summed E-state index contributed by atoms with van der Waals surface area (Å²) in [5.74, 6) is 0. The molecule has 0 fully saturated rings. The van der Waals surface area contributed by atoms with Crippen LogP contribution in [-0.2, 0) is 6.54 Å². The quantitative estimate of drug-likeness (QED) is 0.876. The van der Waals surface area contributed by atoms with Crippen LogP contribution in [0.5, 0.6) is 0 Å². The standard InChI is InChI=1S/C16H24N4/c1-16(2,19(3)4)12-18-11-14-5-7-15(8-6-14)20-10-9-17-13-20/h5-10,13,18H,11-12H2,1-4H3. The lowest BCUT2D eigenvalue weighted by Crippen LogP contribution is -2.46. The average Bonchev–Trinajstić information content (AvgIpc) is 2.93. The molecule has 0 unspecified atom stereocenters. The molecule has 0 radical (unpaired) electrons. The van der Waals surface area contributed by atoms with E-state index in [4.69, 9.17) is 0 Å². The highest BCUT2D eigenvalue weighted by atomic mass is 15.2. The first kappa shape index (κ1) is 14.8. The Morgan fingerprint density at radius 1 is 1.20 bits per heavy atom. The van der Waals surface area contributed by atoms with Gasteiger partial charge in [-0.05, 0) is 45.6 Å². The van der Waals surface area contributed by atoms with Gasteiger partial charge in [0.15, 0.2) is 0 Å². The molecule has 20 heavy (non-hydrogen) atoms. The summed E-state index contributed by atoms with van der Waals surface area (Å²) in [5, 5.41) is 3.52. The fourth-order valence-electron chi connectivity index (χ4n) is 1.87. The Bertz CT molecular complexity index is 512. The third-order valence-electron chi connectivity index (χ3n) is 3.84. The summed E-state index contributed by atoms with van der Waals surface area (Å²) in [6.07, 6.45) is 5.55. The molecule has 0 aliphatic heterocycles. The van der Waals surface area contributed by atoms with Crippen LogP contribution in [0.3, 0.4) is 0 Å². The minimum absolute atomic E-state index is 0.163. The smallest absolute Gasteiger partial charge is 0.0991 e. The third kappa shape index (κ3) is 3.68. The zero-order chi connectivity index (χ0) is 14.6. The Hall–Kier alpha value is -1.65. The van der Waals surface area contributed by atoms with Crippen molar-refractivity contribution in [3.8, 4) is 5.69 Å². The lowest BCUT2D eigenvalue weighted by molar-refractivity contribution is 0.190. The van der Waals surface area contributed by atoms with Gasteiger partial charge in [0.25, 0.3) is 0 Å². The van der Waals surface area contributed by atoms with E-state index < -0.39 is 0 Å². The molecule has 1 aromatic carbocycles. The molecular formula is C16H24N4. The molecule has 1 heterocycles. The van der Waals surface area contributed by atoms with Crippen molar-refractivity contribution in [1.29, 1.82) is 0 Å². The molecule has 0 amide bonds. The summed E-state index contributed by atoms with van der Waals surface area (Å²) in [5.41, 5.74) is 2.60. The second kappa shape index (κ2) is 6.20. The van der Waals surface area contributed by atoms with E-state index in [2.05, 4.69) is 67.4 Å². The number of nitrogens with zero attached hydrogens (tertiary/aromatic N) is 3. The number of hydrogen-bond donors (Lipinski definition) is 1. The van der Waals surface area contributed by atoms with E-state index in [1.165, 1.54) is 5.56 Å². The number of aromatic nitrogens is 2. The van der Waals surface area contributed by atoms with Gasteiger partial charge in [0, 0.05) is 36.7 Å². The summed E-state index contributed by atoms with van der Waals surface area (Å²) < 4.78 is 2.01. The van der Waals surface area contributed by atoms with Crippen molar-refractivity contribution in [2.75, 3.05) is 20.6 Å². The van der Waals surface area contributed by atoms with E-state index in [1.54, 1.807) is 6.20 Å². The van der Waals surface area contributed by atoms with Gasteiger partial charge in [-0.25, -0.2) is 4.98 Å². The number of nitrogens with one attached hydrogen (secondary N) is 1.